The van der Waals surface area contributed by atoms with E-state index < -0.39 is 27.0 Å². The quantitative estimate of drug-likeness (QED) is 0.497. The van der Waals surface area contributed by atoms with E-state index in [0.717, 1.165) is 0 Å². The molecule has 0 bridgehead atoms. The molecule has 0 fully saturated rings. The van der Waals surface area contributed by atoms with Crippen LogP contribution in [0.5, 0.6) is 0 Å². The maximum Gasteiger partial charge on any atom is 0.321 e. The lowest BCUT2D eigenvalue weighted by Gasteiger charge is -2.14. The zero-order valence-electron chi connectivity index (χ0n) is 11.2. The Labute approximate surface area is 109 Å². The van der Waals surface area contributed by atoms with Crippen molar-refractivity contribution >= 4 is 15.8 Å². The van der Waals surface area contributed by atoms with E-state index in [9.17, 15) is 13.2 Å². The van der Waals surface area contributed by atoms with Gasteiger partial charge in [0.15, 0.2) is 9.84 Å². The van der Waals surface area contributed by atoms with Crippen LogP contribution in [0.3, 0.4) is 0 Å². The average Bonchev–Trinajstić information content (AvgIpc) is 2.24. The van der Waals surface area contributed by atoms with Gasteiger partial charge < -0.3 is 4.74 Å². The van der Waals surface area contributed by atoms with E-state index in [-0.39, 0.29) is 12.4 Å². The van der Waals surface area contributed by atoms with Crippen LogP contribution in [0, 0.1) is 16.7 Å². The molecule has 0 aliphatic rings. The number of hydrogen-bond donors (Lipinski definition) is 0. The third-order valence-corrected chi connectivity index (χ3v) is 4.04. The Balaban J connectivity index is 4.00. The van der Waals surface area contributed by atoms with E-state index in [1.165, 1.54) is 0 Å². The zero-order valence-corrected chi connectivity index (χ0v) is 12.0. The lowest BCUT2D eigenvalue weighted by atomic mass is 9.89. The molecule has 0 amide bonds. The number of rotatable bonds is 8. The number of carbonyl (C=O) groups excluding carboxylic acids is 1. The average molecular weight is 275 g/mol. The van der Waals surface area contributed by atoms with Crippen molar-refractivity contribution in [3.63, 3.8) is 0 Å². The summed E-state index contributed by atoms with van der Waals surface area (Å²) in [5.74, 6) is -1.29. The number of carbonyl (C=O) groups is 1. The van der Waals surface area contributed by atoms with Crippen LogP contribution in [0.1, 0.15) is 40.0 Å². The van der Waals surface area contributed by atoms with E-state index in [2.05, 4.69) is 10.8 Å². The fourth-order valence-corrected chi connectivity index (χ4v) is 2.63. The Morgan fingerprint density at radius 2 is 1.94 bits per heavy atom. The normalized spacial score (nSPS) is 11.9. The molecule has 5 nitrogen and oxygen atoms in total. The number of sulfone groups is 1. The predicted octanol–water partition coefficient (Wildman–Crippen LogP) is 1.68. The van der Waals surface area contributed by atoms with Crippen molar-refractivity contribution in [3.05, 3.63) is 0 Å². The summed E-state index contributed by atoms with van der Waals surface area (Å²) in [6.07, 6.45) is 1.77. The highest BCUT2D eigenvalue weighted by molar-refractivity contribution is 7.92. The first-order chi connectivity index (χ1) is 8.22. The van der Waals surface area contributed by atoms with Gasteiger partial charge in [0.25, 0.3) is 0 Å². The second-order valence-electron chi connectivity index (χ2n) is 4.85. The molecule has 0 radical (unpaired) electrons. The third kappa shape index (κ3) is 8.07. The smallest absolute Gasteiger partial charge is 0.321 e. The fourth-order valence-electron chi connectivity index (χ4n) is 1.40. The van der Waals surface area contributed by atoms with Gasteiger partial charge in [0.2, 0.25) is 0 Å². The van der Waals surface area contributed by atoms with Crippen molar-refractivity contribution in [2.24, 2.45) is 5.41 Å². The van der Waals surface area contributed by atoms with Gasteiger partial charge in [0.05, 0.1) is 23.8 Å². The fraction of sp³-hybridized carbons (Fsp3) is 0.833. The van der Waals surface area contributed by atoms with Crippen molar-refractivity contribution in [2.75, 3.05) is 18.1 Å². The first-order valence-corrected chi connectivity index (χ1v) is 7.82. The Morgan fingerprint density at radius 1 is 1.33 bits per heavy atom. The van der Waals surface area contributed by atoms with E-state index in [4.69, 9.17) is 5.26 Å². The summed E-state index contributed by atoms with van der Waals surface area (Å²) in [4.78, 5) is 11.1. The lowest BCUT2D eigenvalue weighted by Crippen LogP contribution is -2.21. The summed E-state index contributed by atoms with van der Waals surface area (Å²) in [6.45, 7) is 5.46. The number of unbranched alkanes of at least 4 members (excludes halogenated alkanes) is 1. The number of nitrogens with zero attached hydrogens (tertiary/aromatic N) is 1. The van der Waals surface area contributed by atoms with Crippen LogP contribution in [-0.2, 0) is 19.4 Å². The Kier molecular flexibility index (Phi) is 6.92. The second-order valence-corrected chi connectivity index (χ2v) is 7.03. The molecule has 104 valence electrons. The highest BCUT2D eigenvalue weighted by Crippen LogP contribution is 2.21. The molecule has 0 aromatic carbocycles. The summed E-state index contributed by atoms with van der Waals surface area (Å²) in [5, 5.41) is 8.80. The molecule has 0 N–H and O–H groups in total. The Morgan fingerprint density at radius 3 is 2.44 bits per heavy atom. The minimum atomic E-state index is -3.38. The first-order valence-electron chi connectivity index (χ1n) is 6.00. The van der Waals surface area contributed by atoms with Gasteiger partial charge in [-0.25, -0.2) is 8.42 Å². The molecule has 0 aliphatic carbocycles. The van der Waals surface area contributed by atoms with Crippen LogP contribution in [0.4, 0.5) is 0 Å². The number of hydrogen-bond acceptors (Lipinski definition) is 5. The van der Waals surface area contributed by atoms with Gasteiger partial charge in [-0.05, 0) is 33.6 Å². The molecule has 0 saturated carbocycles. The predicted molar refractivity (Wildman–Crippen MR) is 68.5 cm³/mol. The third-order valence-electron chi connectivity index (χ3n) is 2.45. The largest absolute Gasteiger partial charge is 0.465 e. The minimum absolute atomic E-state index is 0.0344. The molecule has 0 rings (SSSR count). The van der Waals surface area contributed by atoms with Crippen molar-refractivity contribution < 1.29 is 17.9 Å². The lowest BCUT2D eigenvalue weighted by molar-refractivity contribution is -0.139. The molecule has 0 aromatic rings. The van der Waals surface area contributed by atoms with Gasteiger partial charge in [0.1, 0.15) is 5.75 Å². The van der Waals surface area contributed by atoms with Crippen LogP contribution < -0.4 is 0 Å². The molecule has 6 heteroatoms. The van der Waals surface area contributed by atoms with Crippen molar-refractivity contribution in [3.8, 4) is 6.07 Å². The van der Waals surface area contributed by atoms with E-state index >= 15 is 0 Å². The Hall–Kier alpha value is -1.09. The molecule has 0 saturated heterocycles. The molecule has 0 heterocycles. The number of ether oxygens (including phenoxy) is 1. The monoisotopic (exact) mass is 275 g/mol. The summed E-state index contributed by atoms with van der Waals surface area (Å²) in [5.41, 5.74) is -0.426. The van der Waals surface area contributed by atoms with Gasteiger partial charge in [-0.15, -0.1) is 0 Å². The summed E-state index contributed by atoms with van der Waals surface area (Å²) >= 11 is 0. The topological polar surface area (TPSA) is 84.2 Å². The molecule has 0 spiro atoms. The van der Waals surface area contributed by atoms with Gasteiger partial charge in [-0.1, -0.05) is 6.42 Å². The second kappa shape index (κ2) is 7.37. The first kappa shape index (κ1) is 16.9. The van der Waals surface area contributed by atoms with Gasteiger partial charge >= 0.3 is 5.97 Å². The van der Waals surface area contributed by atoms with Crippen LogP contribution in [0.25, 0.3) is 0 Å². The molecule has 0 aromatic heterocycles. The highest BCUT2D eigenvalue weighted by Gasteiger charge is 2.19. The van der Waals surface area contributed by atoms with Crippen molar-refractivity contribution in [2.45, 2.75) is 40.0 Å². The van der Waals surface area contributed by atoms with Crippen LogP contribution >= 0.6 is 0 Å². The molecule has 18 heavy (non-hydrogen) atoms. The zero-order chi connectivity index (χ0) is 14.2. The van der Waals surface area contributed by atoms with E-state index in [1.54, 1.807) is 6.92 Å². The molecule has 0 unspecified atom stereocenters. The van der Waals surface area contributed by atoms with E-state index in [1.807, 2.05) is 13.8 Å². The summed E-state index contributed by atoms with van der Waals surface area (Å²) in [7, 11) is -3.38. The summed E-state index contributed by atoms with van der Waals surface area (Å²) < 4.78 is 27.7. The maximum absolute atomic E-state index is 11.5. The maximum atomic E-state index is 11.5. The molecule has 0 aliphatic heterocycles. The van der Waals surface area contributed by atoms with Crippen LogP contribution in [0.15, 0.2) is 0 Å². The van der Waals surface area contributed by atoms with Crippen LogP contribution in [0.2, 0.25) is 0 Å². The number of esters is 1. The highest BCUT2D eigenvalue weighted by atomic mass is 32.2. The molecule has 0 atom stereocenters. The van der Waals surface area contributed by atoms with Crippen molar-refractivity contribution in [1.82, 2.24) is 0 Å². The standard InChI is InChI=1S/C12H21NO4S/c1-4-17-11(14)9-18(15,16)8-6-5-7-12(2,3)10-13/h4-9H2,1-3H3. The number of nitriles is 1. The van der Waals surface area contributed by atoms with Crippen molar-refractivity contribution in [1.29, 1.82) is 5.26 Å². The van der Waals surface area contributed by atoms with Gasteiger partial charge in [-0.2, -0.15) is 5.26 Å². The molecular weight excluding hydrogens is 254 g/mol. The molecular formula is C12H21NO4S. The van der Waals surface area contributed by atoms with Crippen LogP contribution in [-0.4, -0.2) is 32.5 Å². The minimum Gasteiger partial charge on any atom is -0.465 e. The SMILES string of the molecule is CCOC(=O)CS(=O)(=O)CCCCC(C)(C)C#N. The Bertz CT molecular complexity index is 406. The van der Waals surface area contributed by atoms with Gasteiger partial charge in [-0.3, -0.25) is 4.79 Å². The summed E-state index contributed by atoms with van der Waals surface area (Å²) in [6, 6.07) is 2.16. The van der Waals surface area contributed by atoms with Gasteiger partial charge in [0, 0.05) is 0 Å². The van der Waals surface area contributed by atoms with E-state index in [0.29, 0.717) is 19.3 Å².